The van der Waals surface area contributed by atoms with E-state index in [9.17, 15) is 9.59 Å². The molecular weight excluding hydrogens is 266 g/mol. The Bertz CT molecular complexity index is 495. The molecule has 1 aromatic carbocycles. The Labute approximate surface area is 126 Å². The summed E-state index contributed by atoms with van der Waals surface area (Å²) in [4.78, 5) is 25.9. The number of carbonyl (C=O) groups is 2. The van der Waals surface area contributed by atoms with E-state index in [1.807, 2.05) is 24.3 Å². The summed E-state index contributed by atoms with van der Waals surface area (Å²) >= 11 is 0. The number of rotatable bonds is 5. The number of amides is 1. The van der Waals surface area contributed by atoms with Crippen LogP contribution in [0.2, 0.25) is 0 Å². The fraction of sp³-hybridized carbons (Fsp3) is 0.529. The van der Waals surface area contributed by atoms with E-state index >= 15 is 0 Å². The molecule has 0 saturated carbocycles. The third kappa shape index (κ3) is 3.63. The molecule has 1 heterocycles. The molecule has 1 fully saturated rings. The number of aryl methyl sites for hydroxylation is 1. The molecule has 1 aromatic rings. The normalized spacial score (nSPS) is 17.8. The first-order chi connectivity index (χ1) is 10.2. The molecule has 1 amide bonds. The maximum atomic E-state index is 12.5. The van der Waals surface area contributed by atoms with Gasteiger partial charge in [-0.1, -0.05) is 25.5 Å². The van der Waals surface area contributed by atoms with E-state index in [1.165, 1.54) is 12.7 Å². The van der Waals surface area contributed by atoms with Crippen molar-refractivity contribution in [3.8, 4) is 0 Å². The second-order valence-corrected chi connectivity index (χ2v) is 5.48. The van der Waals surface area contributed by atoms with Crippen molar-refractivity contribution >= 4 is 11.9 Å². The first kappa shape index (κ1) is 15.5. The zero-order valence-corrected chi connectivity index (χ0v) is 12.8. The topological polar surface area (TPSA) is 46.6 Å². The molecule has 0 unspecified atom stereocenters. The fourth-order valence-electron chi connectivity index (χ4n) is 2.75. The van der Waals surface area contributed by atoms with Crippen LogP contribution in [0.1, 0.15) is 48.5 Å². The number of hydrogen-bond donors (Lipinski definition) is 0. The number of benzene rings is 1. The molecule has 0 N–H and O–H groups in total. The van der Waals surface area contributed by atoms with Crippen LogP contribution in [0.4, 0.5) is 0 Å². The van der Waals surface area contributed by atoms with Gasteiger partial charge in [-0.3, -0.25) is 4.79 Å². The minimum absolute atomic E-state index is 0.0788. The maximum Gasteiger partial charge on any atom is 0.328 e. The van der Waals surface area contributed by atoms with Gasteiger partial charge in [-0.2, -0.15) is 0 Å². The summed E-state index contributed by atoms with van der Waals surface area (Å²) < 4.78 is 4.78. The summed E-state index contributed by atoms with van der Waals surface area (Å²) in [6.45, 7) is 2.79. The minimum Gasteiger partial charge on any atom is -0.467 e. The lowest BCUT2D eigenvalue weighted by Gasteiger charge is -2.22. The molecule has 4 nitrogen and oxygen atoms in total. The molecule has 0 radical (unpaired) electrons. The summed E-state index contributed by atoms with van der Waals surface area (Å²) in [5.74, 6) is -0.398. The summed E-state index contributed by atoms with van der Waals surface area (Å²) in [6.07, 6.45) is 4.89. The first-order valence-electron chi connectivity index (χ1n) is 7.65. The summed E-state index contributed by atoms with van der Waals surface area (Å²) in [5, 5.41) is 0. The van der Waals surface area contributed by atoms with Crippen LogP contribution in [0.5, 0.6) is 0 Å². The average Bonchev–Trinajstić information content (AvgIpc) is 3.01. The minimum atomic E-state index is -0.428. The van der Waals surface area contributed by atoms with E-state index in [0.29, 0.717) is 18.5 Å². The molecule has 0 bridgehead atoms. The molecule has 1 aliphatic rings. The van der Waals surface area contributed by atoms with Gasteiger partial charge < -0.3 is 9.64 Å². The van der Waals surface area contributed by atoms with E-state index in [4.69, 9.17) is 4.74 Å². The fourth-order valence-corrected chi connectivity index (χ4v) is 2.75. The lowest BCUT2D eigenvalue weighted by Crippen LogP contribution is -2.41. The second kappa shape index (κ2) is 7.25. The van der Waals surface area contributed by atoms with Crippen LogP contribution in [0.25, 0.3) is 0 Å². The number of unbranched alkanes of at least 4 members (excludes halogenated alkanes) is 1. The molecule has 4 heteroatoms. The third-order valence-electron chi connectivity index (χ3n) is 4.01. The smallest absolute Gasteiger partial charge is 0.328 e. The molecule has 2 rings (SSSR count). The van der Waals surface area contributed by atoms with Crippen LogP contribution < -0.4 is 0 Å². The molecule has 1 saturated heterocycles. The Morgan fingerprint density at radius 2 is 2.00 bits per heavy atom. The van der Waals surface area contributed by atoms with Gasteiger partial charge in [0.05, 0.1) is 7.11 Å². The Morgan fingerprint density at radius 3 is 2.62 bits per heavy atom. The van der Waals surface area contributed by atoms with Crippen LogP contribution in [-0.4, -0.2) is 36.5 Å². The van der Waals surface area contributed by atoms with Crippen LogP contribution in [0.15, 0.2) is 24.3 Å². The molecule has 0 aromatic heterocycles. The lowest BCUT2D eigenvalue weighted by molar-refractivity contribution is -0.145. The molecule has 0 aliphatic carbocycles. The molecule has 21 heavy (non-hydrogen) atoms. The monoisotopic (exact) mass is 289 g/mol. The van der Waals surface area contributed by atoms with Crippen molar-refractivity contribution < 1.29 is 14.3 Å². The Hall–Kier alpha value is -1.84. The Balaban J connectivity index is 2.07. The second-order valence-electron chi connectivity index (χ2n) is 5.48. The van der Waals surface area contributed by atoms with Crippen molar-refractivity contribution in [2.45, 2.75) is 45.1 Å². The van der Waals surface area contributed by atoms with Crippen LogP contribution in [-0.2, 0) is 16.0 Å². The average molecular weight is 289 g/mol. The number of methoxy groups -OCH3 is 1. The first-order valence-corrected chi connectivity index (χ1v) is 7.65. The number of hydrogen-bond acceptors (Lipinski definition) is 3. The predicted octanol–water partition coefficient (Wildman–Crippen LogP) is 2.81. The lowest BCUT2D eigenvalue weighted by atomic mass is 10.1. The number of esters is 1. The largest absolute Gasteiger partial charge is 0.467 e. The van der Waals surface area contributed by atoms with Gasteiger partial charge >= 0.3 is 5.97 Å². The highest BCUT2D eigenvalue weighted by atomic mass is 16.5. The summed E-state index contributed by atoms with van der Waals surface area (Å²) in [6, 6.07) is 7.31. The van der Waals surface area contributed by atoms with Gasteiger partial charge in [0.1, 0.15) is 6.04 Å². The predicted molar refractivity (Wildman–Crippen MR) is 81.1 cm³/mol. The number of ether oxygens (including phenoxy) is 1. The van der Waals surface area contributed by atoms with Crippen molar-refractivity contribution in [3.05, 3.63) is 35.4 Å². The summed E-state index contributed by atoms with van der Waals surface area (Å²) in [5.41, 5.74) is 1.89. The van der Waals surface area contributed by atoms with Gasteiger partial charge in [-0.25, -0.2) is 4.79 Å². The van der Waals surface area contributed by atoms with Gasteiger partial charge in [0, 0.05) is 12.1 Å². The van der Waals surface area contributed by atoms with Crippen molar-refractivity contribution in [2.24, 2.45) is 0 Å². The Kier molecular flexibility index (Phi) is 5.37. The van der Waals surface area contributed by atoms with Gasteiger partial charge in [0.2, 0.25) is 0 Å². The number of nitrogens with zero attached hydrogens (tertiary/aromatic N) is 1. The van der Waals surface area contributed by atoms with E-state index in [1.54, 1.807) is 4.90 Å². The van der Waals surface area contributed by atoms with Crippen molar-refractivity contribution in [1.29, 1.82) is 0 Å². The number of likely N-dealkylation sites (tertiary alicyclic amines) is 1. The maximum absolute atomic E-state index is 12.5. The van der Waals surface area contributed by atoms with E-state index in [2.05, 4.69) is 6.92 Å². The van der Waals surface area contributed by atoms with Gasteiger partial charge in [0.25, 0.3) is 5.91 Å². The van der Waals surface area contributed by atoms with Gasteiger partial charge in [0.15, 0.2) is 0 Å². The number of carbonyl (C=O) groups excluding carboxylic acids is 2. The quantitative estimate of drug-likeness (QED) is 0.783. The Morgan fingerprint density at radius 1 is 1.29 bits per heavy atom. The standard InChI is InChI=1S/C17H23NO3/c1-3-4-6-13-8-10-14(11-9-13)16(19)18-12-5-7-15(18)17(20)21-2/h8-11,15H,3-7,12H2,1-2H3/t15-/m0/s1. The van der Waals surface area contributed by atoms with Crippen molar-refractivity contribution in [3.63, 3.8) is 0 Å². The summed E-state index contributed by atoms with van der Waals surface area (Å²) in [7, 11) is 1.37. The highest BCUT2D eigenvalue weighted by molar-refractivity contribution is 5.97. The van der Waals surface area contributed by atoms with E-state index in [-0.39, 0.29) is 11.9 Å². The van der Waals surface area contributed by atoms with Crippen LogP contribution in [0.3, 0.4) is 0 Å². The third-order valence-corrected chi connectivity index (χ3v) is 4.01. The zero-order valence-electron chi connectivity index (χ0n) is 12.8. The van der Waals surface area contributed by atoms with Crippen LogP contribution in [0, 0.1) is 0 Å². The van der Waals surface area contributed by atoms with Gasteiger partial charge in [-0.05, 0) is 43.4 Å². The molecule has 0 spiro atoms. The highest BCUT2D eigenvalue weighted by Crippen LogP contribution is 2.21. The molecule has 114 valence electrons. The van der Waals surface area contributed by atoms with E-state index < -0.39 is 6.04 Å². The van der Waals surface area contributed by atoms with Crippen molar-refractivity contribution in [2.75, 3.05) is 13.7 Å². The molecular formula is C17H23NO3. The molecule has 1 aliphatic heterocycles. The van der Waals surface area contributed by atoms with Crippen molar-refractivity contribution in [1.82, 2.24) is 4.90 Å². The zero-order chi connectivity index (χ0) is 15.2. The molecule has 1 atom stereocenters. The SMILES string of the molecule is CCCCc1ccc(C(=O)N2CCC[C@H]2C(=O)OC)cc1. The van der Waals surface area contributed by atoms with Crippen LogP contribution >= 0.6 is 0 Å². The van der Waals surface area contributed by atoms with Gasteiger partial charge in [-0.15, -0.1) is 0 Å². The van der Waals surface area contributed by atoms with E-state index in [0.717, 1.165) is 25.7 Å². The highest BCUT2D eigenvalue weighted by Gasteiger charge is 2.35.